The number of rotatable bonds is 8. The molecule has 1 aromatic heterocycles. The Hall–Kier alpha value is -2.30. The van der Waals surface area contributed by atoms with Crippen LogP contribution in [0.25, 0.3) is 10.9 Å². The van der Waals surface area contributed by atoms with E-state index in [1.165, 1.54) is 131 Å². The molecule has 4 heterocycles. The van der Waals surface area contributed by atoms with Crippen LogP contribution in [0, 0.1) is 0 Å². The summed E-state index contributed by atoms with van der Waals surface area (Å²) in [5, 5.41) is 5.26. The Labute approximate surface area is 211 Å². The molecule has 3 aliphatic heterocycles. The number of anilines is 2. The Morgan fingerprint density at radius 1 is 0.686 bits per heavy atom. The van der Waals surface area contributed by atoms with Crippen LogP contribution in [0.2, 0.25) is 0 Å². The molecule has 2 saturated heterocycles. The summed E-state index contributed by atoms with van der Waals surface area (Å²) in [6, 6.07) is 18.1. The molecule has 0 amide bonds. The van der Waals surface area contributed by atoms with Crippen LogP contribution in [0.15, 0.2) is 48.5 Å². The SMILES string of the molecule is c1ccc2c(c1)Nc1c(n(CCCN3CCCCC3)c3ccccc13)C2CCCN1CCCCC1. The lowest BCUT2D eigenvalue weighted by atomic mass is 9.86. The van der Waals surface area contributed by atoms with Crippen molar-refractivity contribution in [2.24, 2.45) is 0 Å². The zero-order chi connectivity index (χ0) is 23.5. The molecule has 1 atom stereocenters. The van der Waals surface area contributed by atoms with Gasteiger partial charge in [-0.25, -0.2) is 0 Å². The number of likely N-dealkylation sites (tertiary alicyclic amines) is 2. The van der Waals surface area contributed by atoms with Crippen LogP contribution in [0.5, 0.6) is 0 Å². The van der Waals surface area contributed by atoms with Crippen LogP contribution >= 0.6 is 0 Å². The van der Waals surface area contributed by atoms with Crippen LogP contribution in [0.3, 0.4) is 0 Å². The van der Waals surface area contributed by atoms with Gasteiger partial charge in [0.15, 0.2) is 0 Å². The monoisotopic (exact) mass is 470 g/mol. The number of hydrogen-bond donors (Lipinski definition) is 1. The van der Waals surface area contributed by atoms with Gasteiger partial charge < -0.3 is 19.7 Å². The number of fused-ring (bicyclic) bond motifs is 4. The van der Waals surface area contributed by atoms with Crippen LogP contribution in [0.1, 0.15) is 75.0 Å². The van der Waals surface area contributed by atoms with E-state index in [-0.39, 0.29) is 0 Å². The van der Waals surface area contributed by atoms with E-state index in [1.807, 2.05) is 0 Å². The minimum atomic E-state index is 0.467. The van der Waals surface area contributed by atoms with Crippen LogP contribution in [-0.2, 0) is 6.54 Å². The van der Waals surface area contributed by atoms with Crippen molar-refractivity contribution >= 4 is 22.3 Å². The molecule has 0 radical (unpaired) electrons. The molecule has 2 fully saturated rings. The topological polar surface area (TPSA) is 23.4 Å². The van der Waals surface area contributed by atoms with Crippen LogP contribution in [0.4, 0.5) is 11.4 Å². The second kappa shape index (κ2) is 10.8. The normalized spacial score (nSPS) is 21.0. The van der Waals surface area contributed by atoms with Gasteiger partial charge in [-0.1, -0.05) is 49.2 Å². The van der Waals surface area contributed by atoms with Gasteiger partial charge in [0.2, 0.25) is 0 Å². The molecule has 0 saturated carbocycles. The highest BCUT2D eigenvalue weighted by Gasteiger charge is 2.31. The number of hydrogen-bond acceptors (Lipinski definition) is 3. The second-order valence-corrected chi connectivity index (χ2v) is 11.0. The summed E-state index contributed by atoms with van der Waals surface area (Å²) in [6.45, 7) is 8.76. The fraction of sp³-hybridized carbons (Fsp3) is 0.548. The van der Waals surface area contributed by atoms with Crippen molar-refractivity contribution in [3.63, 3.8) is 0 Å². The quantitative estimate of drug-likeness (QED) is 0.384. The van der Waals surface area contributed by atoms with Crippen molar-refractivity contribution in [2.75, 3.05) is 44.6 Å². The third-order valence-corrected chi connectivity index (χ3v) is 8.66. The van der Waals surface area contributed by atoms with Gasteiger partial charge in [-0.2, -0.15) is 0 Å². The largest absolute Gasteiger partial charge is 0.353 e. The molecule has 0 spiro atoms. The first kappa shape index (κ1) is 23.1. The zero-order valence-electron chi connectivity index (χ0n) is 21.4. The number of nitrogens with one attached hydrogen (secondary N) is 1. The molecule has 35 heavy (non-hydrogen) atoms. The van der Waals surface area contributed by atoms with Crippen molar-refractivity contribution < 1.29 is 0 Å². The van der Waals surface area contributed by atoms with Gasteiger partial charge in [0.05, 0.1) is 16.9 Å². The van der Waals surface area contributed by atoms with Gasteiger partial charge in [0.1, 0.15) is 0 Å². The number of benzene rings is 2. The van der Waals surface area contributed by atoms with Gasteiger partial charge >= 0.3 is 0 Å². The predicted molar refractivity (Wildman–Crippen MR) is 148 cm³/mol. The molecule has 4 heteroatoms. The van der Waals surface area contributed by atoms with Gasteiger partial charge in [0.25, 0.3) is 0 Å². The first-order chi connectivity index (χ1) is 17.4. The van der Waals surface area contributed by atoms with Crippen molar-refractivity contribution in [1.82, 2.24) is 14.4 Å². The molecule has 1 unspecified atom stereocenters. The number of aromatic nitrogens is 1. The number of aryl methyl sites for hydroxylation is 1. The van der Waals surface area contributed by atoms with E-state index >= 15 is 0 Å². The van der Waals surface area contributed by atoms with Crippen LogP contribution in [-0.4, -0.2) is 53.6 Å². The average molecular weight is 471 g/mol. The minimum absolute atomic E-state index is 0.467. The van der Waals surface area contributed by atoms with E-state index in [0.29, 0.717) is 5.92 Å². The summed E-state index contributed by atoms with van der Waals surface area (Å²) in [5.41, 5.74) is 7.08. The Morgan fingerprint density at radius 3 is 2.11 bits per heavy atom. The lowest BCUT2D eigenvalue weighted by molar-refractivity contribution is 0.222. The Bertz CT molecular complexity index is 1120. The highest BCUT2D eigenvalue weighted by atomic mass is 15.1. The number of nitrogens with zero attached hydrogens (tertiary/aromatic N) is 3. The highest BCUT2D eigenvalue weighted by molar-refractivity contribution is 5.99. The summed E-state index contributed by atoms with van der Waals surface area (Å²) in [4.78, 5) is 5.39. The second-order valence-electron chi connectivity index (χ2n) is 11.0. The lowest BCUT2D eigenvalue weighted by Crippen LogP contribution is -2.31. The van der Waals surface area contributed by atoms with Crippen molar-refractivity contribution in [2.45, 2.75) is 70.3 Å². The van der Waals surface area contributed by atoms with E-state index in [4.69, 9.17) is 0 Å². The standard InChI is InChI=1S/C31H42N4/c1-7-18-33(19-8-1)22-11-15-26-25-13-3-5-16-28(25)32-30-27-14-4-6-17-29(27)35(31(26)30)24-12-23-34-20-9-2-10-21-34/h3-6,13-14,16-17,26,32H,1-2,7-12,15,18-24H2. The average Bonchev–Trinajstić information content (AvgIpc) is 3.23. The maximum absolute atomic E-state index is 3.87. The molecule has 2 aromatic carbocycles. The Morgan fingerprint density at radius 2 is 1.34 bits per heavy atom. The minimum Gasteiger partial charge on any atom is -0.353 e. The van der Waals surface area contributed by atoms with Crippen LogP contribution < -0.4 is 5.32 Å². The van der Waals surface area contributed by atoms with Gasteiger partial charge in [0, 0.05) is 23.5 Å². The fourth-order valence-corrected chi connectivity index (χ4v) is 6.88. The van der Waals surface area contributed by atoms with E-state index < -0.39 is 0 Å². The van der Waals surface area contributed by atoms with E-state index in [0.717, 1.165) is 6.54 Å². The Kier molecular flexibility index (Phi) is 7.11. The maximum Gasteiger partial charge on any atom is 0.0683 e. The molecule has 3 aromatic rings. The summed E-state index contributed by atoms with van der Waals surface area (Å²) in [5.74, 6) is 0.467. The summed E-state index contributed by atoms with van der Waals surface area (Å²) >= 11 is 0. The molecule has 3 aliphatic rings. The third kappa shape index (κ3) is 4.88. The van der Waals surface area contributed by atoms with Gasteiger partial charge in [-0.15, -0.1) is 0 Å². The molecular formula is C31H42N4. The smallest absolute Gasteiger partial charge is 0.0683 e. The van der Waals surface area contributed by atoms with E-state index in [1.54, 1.807) is 0 Å². The first-order valence-corrected chi connectivity index (χ1v) is 14.3. The molecule has 0 bridgehead atoms. The van der Waals surface area contributed by atoms with Gasteiger partial charge in [-0.05, 0) is 102 Å². The lowest BCUT2D eigenvalue weighted by Gasteiger charge is -2.31. The third-order valence-electron chi connectivity index (χ3n) is 8.66. The van der Waals surface area contributed by atoms with Crippen molar-refractivity contribution in [3.8, 4) is 0 Å². The summed E-state index contributed by atoms with van der Waals surface area (Å²) < 4.78 is 2.68. The molecule has 6 rings (SSSR count). The summed E-state index contributed by atoms with van der Waals surface area (Å²) in [7, 11) is 0. The van der Waals surface area contributed by atoms with E-state index in [2.05, 4.69) is 68.2 Å². The predicted octanol–water partition coefficient (Wildman–Crippen LogP) is 6.97. The van der Waals surface area contributed by atoms with Gasteiger partial charge in [-0.3, -0.25) is 0 Å². The molecule has 1 N–H and O–H groups in total. The molecule has 4 nitrogen and oxygen atoms in total. The summed E-state index contributed by atoms with van der Waals surface area (Å²) in [6.07, 6.45) is 12.1. The number of para-hydroxylation sites is 2. The van der Waals surface area contributed by atoms with Crippen molar-refractivity contribution in [3.05, 3.63) is 59.8 Å². The molecule has 186 valence electrons. The van der Waals surface area contributed by atoms with E-state index in [9.17, 15) is 0 Å². The number of piperidine rings is 2. The molecular weight excluding hydrogens is 428 g/mol. The highest BCUT2D eigenvalue weighted by Crippen LogP contribution is 2.48. The Balaban J connectivity index is 1.29. The fourth-order valence-electron chi connectivity index (χ4n) is 6.88. The first-order valence-electron chi connectivity index (χ1n) is 14.3. The van der Waals surface area contributed by atoms with Crippen molar-refractivity contribution in [1.29, 1.82) is 0 Å². The maximum atomic E-state index is 3.87. The molecule has 0 aliphatic carbocycles. The zero-order valence-corrected chi connectivity index (χ0v) is 21.4.